The van der Waals surface area contributed by atoms with E-state index in [1.165, 1.54) is 5.56 Å². The smallest absolute Gasteiger partial charge is 0.0991 e. The van der Waals surface area contributed by atoms with Gasteiger partial charge in [-0.05, 0) is 50.6 Å². The van der Waals surface area contributed by atoms with Gasteiger partial charge in [-0.3, -0.25) is 4.90 Å². The van der Waals surface area contributed by atoms with Crippen LogP contribution in [0, 0.1) is 28.1 Å². The number of hydrogen-bond acceptors (Lipinski definition) is 3. The summed E-state index contributed by atoms with van der Waals surface area (Å²) >= 11 is 0. The number of nitriles is 2. The summed E-state index contributed by atoms with van der Waals surface area (Å²) in [6, 6.07) is 12.3. The van der Waals surface area contributed by atoms with Gasteiger partial charge in [-0.15, -0.1) is 0 Å². The van der Waals surface area contributed by atoms with E-state index in [0.717, 1.165) is 32.5 Å². The van der Waals surface area contributed by atoms with Crippen LogP contribution >= 0.6 is 0 Å². The molecule has 1 heterocycles. The number of benzene rings is 1. The molecule has 1 aliphatic rings. The molecule has 1 aromatic rings. The van der Waals surface area contributed by atoms with Gasteiger partial charge >= 0.3 is 0 Å². The molecule has 3 heteroatoms. The van der Waals surface area contributed by atoms with Crippen molar-refractivity contribution in [1.82, 2.24) is 4.90 Å². The minimum Gasteiger partial charge on any atom is -0.299 e. The average Bonchev–Trinajstić information content (AvgIpc) is 2.42. The lowest BCUT2D eigenvalue weighted by Crippen LogP contribution is -2.37. The Labute approximate surface area is 108 Å². The molecule has 0 aromatic heterocycles. The summed E-state index contributed by atoms with van der Waals surface area (Å²) in [5.74, 6) is 0. The van der Waals surface area contributed by atoms with Gasteiger partial charge in [0.25, 0.3) is 0 Å². The van der Waals surface area contributed by atoms with Crippen LogP contribution in [0.2, 0.25) is 0 Å². The van der Waals surface area contributed by atoms with Crippen LogP contribution in [0.15, 0.2) is 24.3 Å². The Hall–Kier alpha value is -1.84. The van der Waals surface area contributed by atoms with E-state index in [4.69, 9.17) is 10.5 Å². The molecule has 1 saturated heterocycles. The van der Waals surface area contributed by atoms with Gasteiger partial charge in [0.2, 0.25) is 0 Å². The molecule has 2 rings (SSSR count). The standard InChI is InChI=1S/C15H17N3/c1-15(12-17)6-8-18(9-7-15)11-14-4-2-13(10-16)3-5-14/h2-5H,6-9,11H2,1H3. The van der Waals surface area contributed by atoms with Crippen molar-refractivity contribution in [3.63, 3.8) is 0 Å². The monoisotopic (exact) mass is 239 g/mol. The Morgan fingerprint density at radius 2 is 1.78 bits per heavy atom. The van der Waals surface area contributed by atoms with E-state index in [1.54, 1.807) is 0 Å². The average molecular weight is 239 g/mol. The van der Waals surface area contributed by atoms with E-state index in [9.17, 15) is 0 Å². The summed E-state index contributed by atoms with van der Waals surface area (Å²) in [7, 11) is 0. The SMILES string of the molecule is CC1(C#N)CCN(Cc2ccc(C#N)cc2)CC1. The van der Waals surface area contributed by atoms with Crippen molar-refractivity contribution in [3.05, 3.63) is 35.4 Å². The van der Waals surface area contributed by atoms with Crippen LogP contribution in [-0.4, -0.2) is 18.0 Å². The van der Waals surface area contributed by atoms with Crippen LogP contribution in [0.3, 0.4) is 0 Å². The molecule has 0 radical (unpaired) electrons. The first-order valence-electron chi connectivity index (χ1n) is 6.28. The van der Waals surface area contributed by atoms with E-state index in [2.05, 4.69) is 17.0 Å². The van der Waals surface area contributed by atoms with Gasteiger partial charge in [0.05, 0.1) is 23.1 Å². The molecule has 0 spiro atoms. The molecule has 0 aliphatic carbocycles. The first-order chi connectivity index (χ1) is 8.65. The Bertz CT molecular complexity index is 482. The summed E-state index contributed by atoms with van der Waals surface area (Å²) in [5.41, 5.74) is 1.80. The van der Waals surface area contributed by atoms with Gasteiger partial charge in [0, 0.05) is 6.54 Å². The molecule has 92 valence electrons. The van der Waals surface area contributed by atoms with Crippen molar-refractivity contribution in [2.75, 3.05) is 13.1 Å². The van der Waals surface area contributed by atoms with Gasteiger partial charge in [0.15, 0.2) is 0 Å². The Morgan fingerprint density at radius 3 is 2.28 bits per heavy atom. The van der Waals surface area contributed by atoms with E-state index >= 15 is 0 Å². The third-order valence-corrected chi connectivity index (χ3v) is 3.72. The van der Waals surface area contributed by atoms with Crippen LogP contribution < -0.4 is 0 Å². The van der Waals surface area contributed by atoms with Gasteiger partial charge < -0.3 is 0 Å². The molecule has 1 aromatic carbocycles. The minimum atomic E-state index is -0.138. The fourth-order valence-electron chi connectivity index (χ4n) is 2.26. The Balaban J connectivity index is 1.92. The predicted octanol–water partition coefficient (Wildman–Crippen LogP) is 2.68. The van der Waals surface area contributed by atoms with Crippen molar-refractivity contribution < 1.29 is 0 Å². The highest BCUT2D eigenvalue weighted by molar-refractivity contribution is 5.31. The van der Waals surface area contributed by atoms with Crippen LogP contribution in [0.5, 0.6) is 0 Å². The van der Waals surface area contributed by atoms with Crippen LogP contribution in [0.4, 0.5) is 0 Å². The molecular formula is C15H17N3. The molecule has 0 atom stereocenters. The highest BCUT2D eigenvalue weighted by atomic mass is 15.1. The number of likely N-dealkylation sites (tertiary alicyclic amines) is 1. The lowest BCUT2D eigenvalue weighted by Gasteiger charge is -2.34. The van der Waals surface area contributed by atoms with Crippen LogP contribution in [0.1, 0.15) is 30.9 Å². The number of rotatable bonds is 2. The van der Waals surface area contributed by atoms with E-state index in [1.807, 2.05) is 31.2 Å². The Kier molecular flexibility index (Phi) is 3.65. The second-order valence-electron chi connectivity index (χ2n) is 5.26. The molecule has 0 amide bonds. The van der Waals surface area contributed by atoms with Crippen molar-refractivity contribution in [1.29, 1.82) is 10.5 Å². The molecule has 1 fully saturated rings. The highest BCUT2D eigenvalue weighted by Crippen LogP contribution is 2.30. The molecular weight excluding hydrogens is 222 g/mol. The molecule has 1 aliphatic heterocycles. The quantitative estimate of drug-likeness (QED) is 0.797. The summed E-state index contributed by atoms with van der Waals surface area (Å²) in [6.07, 6.45) is 1.89. The number of hydrogen-bond donors (Lipinski definition) is 0. The zero-order chi connectivity index (χ0) is 13.0. The zero-order valence-electron chi connectivity index (χ0n) is 10.7. The maximum Gasteiger partial charge on any atom is 0.0991 e. The van der Waals surface area contributed by atoms with Crippen LogP contribution in [-0.2, 0) is 6.54 Å². The topological polar surface area (TPSA) is 50.8 Å². The molecule has 0 unspecified atom stereocenters. The maximum absolute atomic E-state index is 9.08. The van der Waals surface area contributed by atoms with Crippen molar-refractivity contribution in [3.8, 4) is 12.1 Å². The maximum atomic E-state index is 9.08. The summed E-state index contributed by atoms with van der Waals surface area (Å²) in [4.78, 5) is 2.38. The third-order valence-electron chi connectivity index (χ3n) is 3.72. The summed E-state index contributed by atoms with van der Waals surface area (Å²) < 4.78 is 0. The van der Waals surface area contributed by atoms with E-state index in [-0.39, 0.29) is 5.41 Å². The van der Waals surface area contributed by atoms with Gasteiger partial charge in [-0.25, -0.2) is 0 Å². The lowest BCUT2D eigenvalue weighted by atomic mass is 9.82. The fraction of sp³-hybridized carbons (Fsp3) is 0.467. The third kappa shape index (κ3) is 2.88. The second-order valence-corrected chi connectivity index (χ2v) is 5.26. The lowest BCUT2D eigenvalue weighted by molar-refractivity contribution is 0.150. The molecule has 0 bridgehead atoms. The molecule has 18 heavy (non-hydrogen) atoms. The zero-order valence-corrected chi connectivity index (χ0v) is 10.7. The number of nitrogens with zero attached hydrogens (tertiary/aromatic N) is 3. The molecule has 3 nitrogen and oxygen atoms in total. The largest absolute Gasteiger partial charge is 0.299 e. The normalized spacial score (nSPS) is 18.8. The van der Waals surface area contributed by atoms with E-state index in [0.29, 0.717) is 5.56 Å². The van der Waals surface area contributed by atoms with Crippen molar-refractivity contribution in [2.45, 2.75) is 26.3 Å². The van der Waals surface area contributed by atoms with Gasteiger partial charge in [0.1, 0.15) is 0 Å². The predicted molar refractivity (Wildman–Crippen MR) is 69.4 cm³/mol. The highest BCUT2D eigenvalue weighted by Gasteiger charge is 2.29. The van der Waals surface area contributed by atoms with Crippen molar-refractivity contribution in [2.24, 2.45) is 5.41 Å². The van der Waals surface area contributed by atoms with E-state index < -0.39 is 0 Å². The molecule has 0 saturated carbocycles. The first kappa shape index (κ1) is 12.6. The van der Waals surface area contributed by atoms with Crippen LogP contribution in [0.25, 0.3) is 0 Å². The summed E-state index contributed by atoms with van der Waals surface area (Å²) in [5, 5.41) is 17.8. The van der Waals surface area contributed by atoms with Gasteiger partial charge in [-0.2, -0.15) is 10.5 Å². The first-order valence-corrected chi connectivity index (χ1v) is 6.28. The van der Waals surface area contributed by atoms with Gasteiger partial charge in [-0.1, -0.05) is 12.1 Å². The Morgan fingerprint density at radius 1 is 1.17 bits per heavy atom. The molecule has 0 N–H and O–H groups in total. The minimum absolute atomic E-state index is 0.138. The van der Waals surface area contributed by atoms with Crippen molar-refractivity contribution >= 4 is 0 Å². The second kappa shape index (κ2) is 5.21. The summed E-state index contributed by atoms with van der Waals surface area (Å²) in [6.45, 7) is 4.91. The fourth-order valence-corrected chi connectivity index (χ4v) is 2.26. The number of piperidine rings is 1.